The Hall–Kier alpha value is -2.06. The fourth-order valence-electron chi connectivity index (χ4n) is 2.46. The summed E-state index contributed by atoms with van der Waals surface area (Å²) in [6, 6.07) is 0. The second kappa shape index (κ2) is 6.37. The third-order valence-corrected chi connectivity index (χ3v) is 4.34. The second-order valence-corrected chi connectivity index (χ2v) is 5.97. The van der Waals surface area contributed by atoms with Gasteiger partial charge in [-0.25, -0.2) is 15.0 Å². The normalized spacial score (nSPS) is 14.5. The molecule has 3 heterocycles. The standard InChI is InChI=1S/C14H17N5O2S/c1-9-7-22-14(17-9)18-12(20)6-19-4-3-11-10(5-19)13(21-2)16-8-15-11/h7-8H,3-6H2,1-2H3,(H,17,18,20). The summed E-state index contributed by atoms with van der Waals surface area (Å²) in [5, 5.41) is 5.38. The molecular weight excluding hydrogens is 302 g/mol. The molecule has 1 aliphatic rings. The number of hydrogen-bond donors (Lipinski definition) is 1. The van der Waals surface area contributed by atoms with Gasteiger partial charge >= 0.3 is 0 Å². The van der Waals surface area contributed by atoms with Gasteiger partial charge in [-0.2, -0.15) is 0 Å². The lowest BCUT2D eigenvalue weighted by molar-refractivity contribution is -0.117. The molecule has 1 amide bonds. The third kappa shape index (κ3) is 3.23. The van der Waals surface area contributed by atoms with Crippen LogP contribution in [-0.4, -0.2) is 46.0 Å². The van der Waals surface area contributed by atoms with E-state index in [4.69, 9.17) is 4.74 Å². The lowest BCUT2D eigenvalue weighted by atomic mass is 10.1. The van der Waals surface area contributed by atoms with E-state index in [1.807, 2.05) is 12.3 Å². The Morgan fingerprint density at radius 2 is 2.36 bits per heavy atom. The summed E-state index contributed by atoms with van der Waals surface area (Å²) in [7, 11) is 1.60. The van der Waals surface area contributed by atoms with Gasteiger partial charge in [-0.3, -0.25) is 9.69 Å². The molecule has 0 spiro atoms. The van der Waals surface area contributed by atoms with E-state index >= 15 is 0 Å². The fourth-order valence-corrected chi connectivity index (χ4v) is 3.16. The zero-order valence-electron chi connectivity index (χ0n) is 12.5. The van der Waals surface area contributed by atoms with E-state index in [9.17, 15) is 4.79 Å². The molecule has 0 fully saturated rings. The summed E-state index contributed by atoms with van der Waals surface area (Å²) in [6.07, 6.45) is 2.31. The highest BCUT2D eigenvalue weighted by atomic mass is 32.1. The predicted molar refractivity (Wildman–Crippen MR) is 83.0 cm³/mol. The van der Waals surface area contributed by atoms with Crippen LogP contribution in [0.1, 0.15) is 17.0 Å². The molecule has 2 aromatic rings. The summed E-state index contributed by atoms with van der Waals surface area (Å²) in [4.78, 5) is 26.8. The van der Waals surface area contributed by atoms with Crippen LogP contribution in [0.4, 0.5) is 5.13 Å². The minimum Gasteiger partial charge on any atom is -0.481 e. The number of rotatable bonds is 4. The number of fused-ring (bicyclic) bond motifs is 1. The topological polar surface area (TPSA) is 80.2 Å². The second-order valence-electron chi connectivity index (χ2n) is 5.11. The van der Waals surface area contributed by atoms with Crippen molar-refractivity contribution in [3.8, 4) is 5.88 Å². The van der Waals surface area contributed by atoms with Gasteiger partial charge in [-0.15, -0.1) is 11.3 Å². The molecule has 3 rings (SSSR count). The van der Waals surface area contributed by atoms with Gasteiger partial charge in [0.05, 0.1) is 25.0 Å². The number of methoxy groups -OCH3 is 1. The number of hydrogen-bond acceptors (Lipinski definition) is 7. The van der Waals surface area contributed by atoms with Crippen molar-refractivity contribution < 1.29 is 9.53 Å². The third-order valence-electron chi connectivity index (χ3n) is 3.47. The number of aryl methyl sites for hydroxylation is 1. The Morgan fingerprint density at radius 3 is 3.09 bits per heavy atom. The maximum absolute atomic E-state index is 12.1. The van der Waals surface area contributed by atoms with Gasteiger partial charge in [-0.1, -0.05) is 0 Å². The zero-order valence-corrected chi connectivity index (χ0v) is 13.3. The SMILES string of the molecule is COc1ncnc2c1CN(CC(=O)Nc1nc(C)cs1)CC2. The molecular formula is C14H17N5O2S. The lowest BCUT2D eigenvalue weighted by Crippen LogP contribution is -2.37. The van der Waals surface area contributed by atoms with Gasteiger partial charge in [0.15, 0.2) is 5.13 Å². The molecule has 0 saturated heterocycles. The van der Waals surface area contributed by atoms with Crippen molar-refractivity contribution in [2.45, 2.75) is 19.9 Å². The molecule has 0 radical (unpaired) electrons. The highest BCUT2D eigenvalue weighted by Gasteiger charge is 2.23. The lowest BCUT2D eigenvalue weighted by Gasteiger charge is -2.27. The summed E-state index contributed by atoms with van der Waals surface area (Å²) < 4.78 is 5.28. The molecule has 8 heteroatoms. The average Bonchev–Trinajstić information content (AvgIpc) is 2.91. The van der Waals surface area contributed by atoms with Crippen LogP contribution in [0.5, 0.6) is 5.88 Å². The number of amides is 1. The first-order valence-corrected chi connectivity index (χ1v) is 7.84. The van der Waals surface area contributed by atoms with Crippen LogP contribution in [0, 0.1) is 6.92 Å². The van der Waals surface area contributed by atoms with E-state index in [2.05, 4.69) is 25.2 Å². The number of anilines is 1. The van der Waals surface area contributed by atoms with Gasteiger partial charge in [0.2, 0.25) is 11.8 Å². The van der Waals surface area contributed by atoms with Crippen molar-refractivity contribution in [2.24, 2.45) is 0 Å². The quantitative estimate of drug-likeness (QED) is 0.913. The zero-order chi connectivity index (χ0) is 15.5. The van der Waals surface area contributed by atoms with Crippen LogP contribution in [0.2, 0.25) is 0 Å². The number of ether oxygens (including phenoxy) is 1. The van der Waals surface area contributed by atoms with Gasteiger partial charge in [0.25, 0.3) is 0 Å². The number of nitrogens with zero attached hydrogens (tertiary/aromatic N) is 4. The van der Waals surface area contributed by atoms with Crippen LogP contribution in [0.15, 0.2) is 11.7 Å². The molecule has 0 atom stereocenters. The number of nitrogens with one attached hydrogen (secondary N) is 1. The van der Waals surface area contributed by atoms with Crippen molar-refractivity contribution >= 4 is 22.4 Å². The largest absolute Gasteiger partial charge is 0.481 e. The van der Waals surface area contributed by atoms with Crippen molar-refractivity contribution in [3.05, 3.63) is 28.7 Å². The molecule has 116 valence electrons. The van der Waals surface area contributed by atoms with Crippen LogP contribution in [0.3, 0.4) is 0 Å². The number of thiazole rings is 1. The van der Waals surface area contributed by atoms with E-state index in [1.54, 1.807) is 7.11 Å². The fraction of sp³-hybridized carbons (Fsp3) is 0.429. The number of carbonyl (C=O) groups is 1. The summed E-state index contributed by atoms with van der Waals surface area (Å²) in [5.41, 5.74) is 2.88. The van der Waals surface area contributed by atoms with Crippen molar-refractivity contribution in [1.82, 2.24) is 19.9 Å². The average molecular weight is 319 g/mol. The van der Waals surface area contributed by atoms with Crippen LogP contribution >= 0.6 is 11.3 Å². The first-order valence-electron chi connectivity index (χ1n) is 6.97. The van der Waals surface area contributed by atoms with E-state index in [0.29, 0.717) is 24.1 Å². The van der Waals surface area contributed by atoms with Crippen molar-refractivity contribution in [2.75, 3.05) is 25.5 Å². The molecule has 22 heavy (non-hydrogen) atoms. The van der Waals surface area contributed by atoms with E-state index < -0.39 is 0 Å². The van der Waals surface area contributed by atoms with Crippen molar-refractivity contribution in [3.63, 3.8) is 0 Å². The van der Waals surface area contributed by atoms with Gasteiger partial charge in [0.1, 0.15) is 6.33 Å². The maximum atomic E-state index is 12.1. The smallest absolute Gasteiger partial charge is 0.240 e. The Kier molecular flexibility index (Phi) is 4.30. The molecule has 1 N–H and O–H groups in total. The number of aromatic nitrogens is 3. The first-order chi connectivity index (χ1) is 10.7. The van der Waals surface area contributed by atoms with Crippen LogP contribution in [0.25, 0.3) is 0 Å². The van der Waals surface area contributed by atoms with Crippen molar-refractivity contribution in [1.29, 1.82) is 0 Å². The minimum atomic E-state index is -0.0615. The van der Waals surface area contributed by atoms with Crippen LogP contribution < -0.4 is 10.1 Å². The molecule has 0 saturated carbocycles. The Morgan fingerprint density at radius 1 is 1.50 bits per heavy atom. The number of carbonyl (C=O) groups excluding carboxylic acids is 1. The van der Waals surface area contributed by atoms with E-state index in [-0.39, 0.29) is 5.91 Å². The maximum Gasteiger partial charge on any atom is 0.240 e. The Bertz CT molecular complexity index is 673. The predicted octanol–water partition coefficient (Wildman–Crippen LogP) is 1.25. The molecule has 0 unspecified atom stereocenters. The molecule has 0 bridgehead atoms. The summed E-state index contributed by atoms with van der Waals surface area (Å²) in [6.45, 7) is 3.62. The highest BCUT2D eigenvalue weighted by molar-refractivity contribution is 7.13. The minimum absolute atomic E-state index is 0.0615. The van der Waals surface area contributed by atoms with E-state index in [1.165, 1.54) is 17.7 Å². The van der Waals surface area contributed by atoms with E-state index in [0.717, 1.165) is 29.9 Å². The van der Waals surface area contributed by atoms with Gasteiger partial charge in [-0.05, 0) is 6.92 Å². The Labute approximate surface area is 132 Å². The molecule has 2 aromatic heterocycles. The first kappa shape index (κ1) is 14.9. The molecule has 0 aromatic carbocycles. The molecule has 7 nitrogen and oxygen atoms in total. The molecule has 1 aliphatic heterocycles. The highest BCUT2D eigenvalue weighted by Crippen LogP contribution is 2.24. The summed E-state index contributed by atoms with van der Waals surface area (Å²) in [5.74, 6) is 0.527. The summed E-state index contributed by atoms with van der Waals surface area (Å²) >= 11 is 1.43. The monoisotopic (exact) mass is 319 g/mol. The Balaban J connectivity index is 1.63. The van der Waals surface area contributed by atoms with Crippen LogP contribution in [-0.2, 0) is 17.8 Å². The van der Waals surface area contributed by atoms with Gasteiger partial charge in [0, 0.05) is 30.5 Å². The molecule has 0 aliphatic carbocycles. The van der Waals surface area contributed by atoms with Gasteiger partial charge < -0.3 is 10.1 Å².